The Morgan fingerprint density at radius 1 is 1.33 bits per heavy atom. The summed E-state index contributed by atoms with van der Waals surface area (Å²) in [5, 5.41) is 8.82. The fourth-order valence-corrected chi connectivity index (χ4v) is 2.96. The first-order chi connectivity index (χ1) is 11.2. The van der Waals surface area contributed by atoms with Crippen LogP contribution in [-0.2, 0) is 11.0 Å². The third-order valence-corrected chi connectivity index (χ3v) is 4.19. The lowest BCUT2D eigenvalue weighted by molar-refractivity contribution is -0.141. The van der Waals surface area contributed by atoms with Crippen molar-refractivity contribution < 1.29 is 27.9 Å². The van der Waals surface area contributed by atoms with Crippen LogP contribution in [0.2, 0.25) is 0 Å². The smallest absolute Gasteiger partial charge is 0.433 e. The Morgan fingerprint density at radius 2 is 2.04 bits per heavy atom. The average Bonchev–Trinajstić information content (AvgIpc) is 2.51. The van der Waals surface area contributed by atoms with E-state index in [-0.39, 0.29) is 29.6 Å². The molecule has 1 atom stereocenters. The molecule has 2 rings (SSSR count). The number of aromatic nitrogens is 1. The highest BCUT2D eigenvalue weighted by Gasteiger charge is 2.34. The van der Waals surface area contributed by atoms with Gasteiger partial charge in [-0.05, 0) is 44.7 Å². The molecule has 0 aromatic carbocycles. The van der Waals surface area contributed by atoms with Crippen LogP contribution in [-0.4, -0.2) is 39.5 Å². The van der Waals surface area contributed by atoms with Gasteiger partial charge in [0, 0.05) is 19.0 Å². The zero-order valence-electron chi connectivity index (χ0n) is 13.3. The van der Waals surface area contributed by atoms with Gasteiger partial charge in [-0.15, -0.1) is 0 Å². The Morgan fingerprint density at radius 3 is 2.62 bits per heavy atom. The number of hydrogen-bond acceptors (Lipinski definition) is 3. The molecule has 1 unspecified atom stereocenters. The lowest BCUT2D eigenvalue weighted by Gasteiger charge is -2.36. The van der Waals surface area contributed by atoms with Crippen molar-refractivity contribution in [3.05, 3.63) is 29.1 Å². The number of nitrogens with zero attached hydrogens (tertiary/aromatic N) is 2. The van der Waals surface area contributed by atoms with Gasteiger partial charge in [0.15, 0.2) is 0 Å². The fourth-order valence-electron chi connectivity index (χ4n) is 2.96. The van der Waals surface area contributed by atoms with Crippen molar-refractivity contribution in [1.82, 2.24) is 9.88 Å². The molecule has 1 N–H and O–H groups in total. The number of aliphatic carboxylic acids is 1. The standard InChI is InChI=1S/C16H19F3N2O3/c1-10-12(6-7-13(20-10)16(17,18)19)15(24)21-9-3-2-4-11(21)5-8-14(22)23/h6-7,11H,2-5,8-9H2,1H3,(H,22,23). The van der Waals surface area contributed by atoms with Gasteiger partial charge < -0.3 is 10.0 Å². The van der Waals surface area contributed by atoms with Crippen molar-refractivity contribution in [3.8, 4) is 0 Å². The molecule has 0 bridgehead atoms. The summed E-state index contributed by atoms with van der Waals surface area (Å²) >= 11 is 0. The molecule has 1 saturated heterocycles. The van der Waals surface area contributed by atoms with E-state index in [9.17, 15) is 22.8 Å². The number of alkyl halides is 3. The fraction of sp³-hybridized carbons (Fsp3) is 0.562. The maximum Gasteiger partial charge on any atom is 0.433 e. The molecule has 24 heavy (non-hydrogen) atoms. The molecule has 0 spiro atoms. The molecule has 0 aliphatic carbocycles. The van der Waals surface area contributed by atoms with Crippen LogP contribution in [0, 0.1) is 6.92 Å². The van der Waals surface area contributed by atoms with Crippen molar-refractivity contribution in [2.24, 2.45) is 0 Å². The number of pyridine rings is 1. The van der Waals surface area contributed by atoms with Crippen LogP contribution in [0.4, 0.5) is 13.2 Å². The Bertz CT molecular complexity index is 631. The van der Waals surface area contributed by atoms with E-state index in [4.69, 9.17) is 5.11 Å². The van der Waals surface area contributed by atoms with Crippen LogP contribution < -0.4 is 0 Å². The summed E-state index contributed by atoms with van der Waals surface area (Å²) in [6.07, 6.45) is -1.86. The Labute approximate surface area is 137 Å². The first-order valence-corrected chi connectivity index (χ1v) is 7.77. The molecular weight excluding hydrogens is 325 g/mol. The van der Waals surface area contributed by atoms with Gasteiger partial charge in [0.2, 0.25) is 0 Å². The number of halogens is 3. The Kier molecular flexibility index (Phi) is 5.46. The molecule has 1 amide bonds. The van der Waals surface area contributed by atoms with Crippen LogP contribution in [0.5, 0.6) is 0 Å². The summed E-state index contributed by atoms with van der Waals surface area (Å²) in [7, 11) is 0. The van der Waals surface area contributed by atoms with E-state index in [1.54, 1.807) is 4.90 Å². The second-order valence-corrected chi connectivity index (χ2v) is 5.91. The minimum atomic E-state index is -4.55. The molecule has 1 aromatic heterocycles. The summed E-state index contributed by atoms with van der Waals surface area (Å²) in [6.45, 7) is 1.85. The van der Waals surface area contributed by atoms with Gasteiger partial charge >= 0.3 is 12.1 Å². The van der Waals surface area contributed by atoms with Crippen molar-refractivity contribution in [2.75, 3.05) is 6.54 Å². The number of carbonyl (C=O) groups is 2. The van der Waals surface area contributed by atoms with Crippen LogP contribution in [0.3, 0.4) is 0 Å². The van der Waals surface area contributed by atoms with Crippen molar-refractivity contribution >= 4 is 11.9 Å². The number of hydrogen-bond donors (Lipinski definition) is 1. The number of rotatable bonds is 4. The minimum Gasteiger partial charge on any atom is -0.481 e. The van der Waals surface area contributed by atoms with Gasteiger partial charge in [-0.1, -0.05) is 0 Å². The molecule has 0 radical (unpaired) electrons. The average molecular weight is 344 g/mol. The highest BCUT2D eigenvalue weighted by molar-refractivity contribution is 5.95. The molecule has 1 aliphatic rings. The summed E-state index contributed by atoms with van der Waals surface area (Å²) in [5.74, 6) is -1.32. The monoisotopic (exact) mass is 344 g/mol. The number of likely N-dealkylation sites (tertiary alicyclic amines) is 1. The largest absolute Gasteiger partial charge is 0.481 e. The third kappa shape index (κ3) is 4.24. The Balaban J connectivity index is 2.21. The zero-order valence-corrected chi connectivity index (χ0v) is 13.3. The molecule has 1 aromatic rings. The van der Waals surface area contributed by atoms with Gasteiger partial charge in [0.05, 0.1) is 11.3 Å². The molecule has 5 nitrogen and oxygen atoms in total. The highest BCUT2D eigenvalue weighted by atomic mass is 19.4. The van der Waals surface area contributed by atoms with E-state index in [2.05, 4.69) is 4.98 Å². The van der Waals surface area contributed by atoms with Crippen LogP contribution in [0.25, 0.3) is 0 Å². The first-order valence-electron chi connectivity index (χ1n) is 7.77. The zero-order chi connectivity index (χ0) is 17.9. The van der Waals surface area contributed by atoms with E-state index in [1.165, 1.54) is 6.92 Å². The lowest BCUT2D eigenvalue weighted by atomic mass is 9.96. The topological polar surface area (TPSA) is 70.5 Å². The van der Waals surface area contributed by atoms with Gasteiger partial charge in [0.25, 0.3) is 5.91 Å². The molecule has 132 valence electrons. The number of piperidine rings is 1. The second-order valence-electron chi connectivity index (χ2n) is 5.91. The number of carbonyl (C=O) groups excluding carboxylic acids is 1. The molecule has 1 fully saturated rings. The normalized spacial score (nSPS) is 18.5. The van der Waals surface area contributed by atoms with Crippen molar-refractivity contribution in [2.45, 2.75) is 51.2 Å². The summed E-state index contributed by atoms with van der Waals surface area (Å²) in [5.41, 5.74) is -0.875. The van der Waals surface area contributed by atoms with Gasteiger partial charge in [-0.25, -0.2) is 4.98 Å². The lowest BCUT2D eigenvalue weighted by Crippen LogP contribution is -2.44. The predicted octanol–water partition coefficient (Wildman–Crippen LogP) is 3.27. The quantitative estimate of drug-likeness (QED) is 0.910. The highest BCUT2D eigenvalue weighted by Crippen LogP contribution is 2.29. The number of amides is 1. The van der Waals surface area contributed by atoms with Crippen LogP contribution >= 0.6 is 0 Å². The summed E-state index contributed by atoms with van der Waals surface area (Å²) < 4.78 is 38.0. The minimum absolute atomic E-state index is 0.0254. The van der Waals surface area contributed by atoms with Gasteiger partial charge in [0.1, 0.15) is 5.69 Å². The van der Waals surface area contributed by atoms with E-state index in [0.717, 1.165) is 25.0 Å². The molecule has 1 aliphatic heterocycles. The molecule has 0 saturated carbocycles. The third-order valence-electron chi connectivity index (χ3n) is 4.19. The summed E-state index contributed by atoms with van der Waals surface area (Å²) in [4.78, 5) is 28.5. The maximum atomic E-state index is 12.7. The van der Waals surface area contributed by atoms with E-state index >= 15 is 0 Å². The predicted molar refractivity (Wildman–Crippen MR) is 79.5 cm³/mol. The Hall–Kier alpha value is -2.12. The van der Waals surface area contributed by atoms with Gasteiger partial charge in [-0.3, -0.25) is 9.59 Å². The SMILES string of the molecule is Cc1nc(C(F)(F)F)ccc1C(=O)N1CCCCC1CCC(=O)O. The molecular formula is C16H19F3N2O3. The van der Waals surface area contributed by atoms with Crippen LogP contribution in [0.15, 0.2) is 12.1 Å². The second kappa shape index (κ2) is 7.19. The van der Waals surface area contributed by atoms with Crippen molar-refractivity contribution in [3.63, 3.8) is 0 Å². The van der Waals surface area contributed by atoms with Crippen LogP contribution in [0.1, 0.15) is 53.8 Å². The van der Waals surface area contributed by atoms with E-state index in [0.29, 0.717) is 19.4 Å². The van der Waals surface area contributed by atoms with Crippen molar-refractivity contribution in [1.29, 1.82) is 0 Å². The molecule has 2 heterocycles. The number of aryl methyl sites for hydroxylation is 1. The molecule has 8 heteroatoms. The maximum absolute atomic E-state index is 12.7. The van der Waals surface area contributed by atoms with E-state index in [1.807, 2.05) is 0 Å². The number of carboxylic acid groups (broad SMARTS) is 1. The number of carboxylic acids is 1. The first kappa shape index (κ1) is 18.2. The summed E-state index contributed by atoms with van der Waals surface area (Å²) in [6, 6.07) is 1.75. The van der Waals surface area contributed by atoms with Gasteiger partial charge in [-0.2, -0.15) is 13.2 Å². The van der Waals surface area contributed by atoms with E-state index < -0.39 is 17.8 Å².